The highest BCUT2D eigenvalue weighted by atomic mass is 32.2. The Hall–Kier alpha value is 0.170. The second-order valence-electron chi connectivity index (χ2n) is 1.26. The second-order valence-corrected chi connectivity index (χ2v) is 2.87. The summed E-state index contributed by atoms with van der Waals surface area (Å²) in [7, 11) is 0. The van der Waals surface area contributed by atoms with Crippen molar-refractivity contribution in [3.05, 3.63) is 0 Å². The molecule has 0 radical (unpaired) electrons. The van der Waals surface area contributed by atoms with Crippen molar-refractivity contribution in [2.45, 2.75) is 5.37 Å². The number of carbonyl (C=O) groups excluding carboxylic acids is 1. The average molecular weight is 135 g/mol. The van der Waals surface area contributed by atoms with E-state index in [1.807, 2.05) is 0 Å². The molecule has 40 valence electrons. The third-order valence-electron chi connectivity index (χ3n) is 0.657. The second kappa shape index (κ2) is 1.96. The van der Waals surface area contributed by atoms with Gasteiger partial charge in [0.25, 0.3) is 5.24 Å². The topological polar surface area (TPSA) is 29.1 Å². The van der Waals surface area contributed by atoms with E-state index in [2.05, 4.69) is 17.9 Å². The van der Waals surface area contributed by atoms with Crippen LogP contribution in [-0.4, -0.2) is 16.4 Å². The number of thioether (sulfide) groups is 1. The molecule has 1 aliphatic heterocycles. The van der Waals surface area contributed by atoms with E-state index in [-0.39, 0.29) is 10.6 Å². The van der Waals surface area contributed by atoms with Crippen molar-refractivity contribution in [2.75, 3.05) is 5.75 Å². The lowest BCUT2D eigenvalue weighted by atomic mass is 10.7. The van der Waals surface area contributed by atoms with E-state index in [1.54, 1.807) is 0 Å². The fourth-order valence-corrected chi connectivity index (χ4v) is 1.42. The summed E-state index contributed by atoms with van der Waals surface area (Å²) in [6.45, 7) is 0. The molecule has 0 aromatic carbocycles. The molecule has 0 bridgehead atoms. The number of rotatable bonds is 0. The molecule has 1 N–H and O–H groups in total. The number of hydrogen-bond acceptors (Lipinski definition) is 3. The van der Waals surface area contributed by atoms with Crippen LogP contribution in [0.2, 0.25) is 0 Å². The Balaban J connectivity index is 2.40. The van der Waals surface area contributed by atoms with Gasteiger partial charge in [-0.1, -0.05) is 11.8 Å². The van der Waals surface area contributed by atoms with Gasteiger partial charge in [-0.2, -0.15) is 12.6 Å². The van der Waals surface area contributed by atoms with Gasteiger partial charge in [-0.15, -0.1) is 0 Å². The molecule has 2 nitrogen and oxygen atoms in total. The summed E-state index contributed by atoms with van der Waals surface area (Å²) in [5, 5.41) is 2.73. The van der Waals surface area contributed by atoms with Crippen molar-refractivity contribution in [3.8, 4) is 0 Å². The first-order valence-corrected chi connectivity index (χ1v) is 3.40. The van der Waals surface area contributed by atoms with Crippen molar-refractivity contribution in [3.63, 3.8) is 0 Å². The molecular formula is C3H5NOS2. The molecule has 0 aromatic heterocycles. The van der Waals surface area contributed by atoms with Gasteiger partial charge in [0.05, 0.1) is 5.37 Å². The van der Waals surface area contributed by atoms with Gasteiger partial charge in [-0.05, 0) is 0 Å². The molecular weight excluding hydrogens is 130 g/mol. The monoisotopic (exact) mass is 135 g/mol. The number of carbonyl (C=O) groups is 1. The molecule has 4 heteroatoms. The predicted molar refractivity (Wildman–Crippen MR) is 33.8 cm³/mol. The Morgan fingerprint density at radius 2 is 2.71 bits per heavy atom. The van der Waals surface area contributed by atoms with Gasteiger partial charge in [0.1, 0.15) is 0 Å². The summed E-state index contributed by atoms with van der Waals surface area (Å²) in [5.74, 6) is 0.794. The number of amides is 1. The zero-order valence-corrected chi connectivity index (χ0v) is 5.26. The van der Waals surface area contributed by atoms with E-state index in [0.717, 1.165) is 5.75 Å². The maximum atomic E-state index is 10.3. The minimum absolute atomic E-state index is 0.0417. The first-order chi connectivity index (χ1) is 3.29. The van der Waals surface area contributed by atoms with Gasteiger partial charge in [-0.3, -0.25) is 4.79 Å². The van der Waals surface area contributed by atoms with Gasteiger partial charge in [0.2, 0.25) is 0 Å². The highest BCUT2D eigenvalue weighted by molar-refractivity contribution is 8.14. The predicted octanol–water partition coefficient (Wildman–Crippen LogP) is 0.699. The molecule has 1 heterocycles. The smallest absolute Gasteiger partial charge is 0.280 e. The van der Waals surface area contributed by atoms with E-state index >= 15 is 0 Å². The lowest BCUT2D eigenvalue weighted by Gasteiger charge is -1.93. The van der Waals surface area contributed by atoms with E-state index in [0.29, 0.717) is 0 Å². The molecule has 1 saturated heterocycles. The molecule has 0 spiro atoms. The lowest BCUT2D eigenvalue weighted by Crippen LogP contribution is -2.19. The van der Waals surface area contributed by atoms with Crippen molar-refractivity contribution in [1.29, 1.82) is 0 Å². The standard InChI is InChI=1S/C3H5NOS2/c5-3-4-2(6)1-7-3/h2,6H,1H2,(H,4,5). The van der Waals surface area contributed by atoms with E-state index < -0.39 is 0 Å². The zero-order valence-electron chi connectivity index (χ0n) is 3.55. The molecule has 1 unspecified atom stereocenters. The molecule has 7 heavy (non-hydrogen) atoms. The van der Waals surface area contributed by atoms with Crippen LogP contribution in [0.25, 0.3) is 0 Å². The minimum atomic E-state index is 0.0417. The lowest BCUT2D eigenvalue weighted by molar-refractivity contribution is 0.262. The first kappa shape index (κ1) is 5.31. The summed E-state index contributed by atoms with van der Waals surface area (Å²) in [5.41, 5.74) is 0. The molecule has 1 aliphatic rings. The van der Waals surface area contributed by atoms with Crippen LogP contribution in [-0.2, 0) is 0 Å². The van der Waals surface area contributed by atoms with E-state index in [4.69, 9.17) is 0 Å². The van der Waals surface area contributed by atoms with Crippen LogP contribution in [0, 0.1) is 0 Å². The molecule has 1 amide bonds. The summed E-state index contributed by atoms with van der Waals surface area (Å²) < 4.78 is 0. The van der Waals surface area contributed by atoms with Gasteiger partial charge in [0, 0.05) is 5.75 Å². The Bertz CT molecular complexity index is 94.9. The Morgan fingerprint density at radius 1 is 2.00 bits per heavy atom. The van der Waals surface area contributed by atoms with Crippen molar-refractivity contribution < 1.29 is 4.79 Å². The van der Waals surface area contributed by atoms with Crippen LogP contribution in [0.5, 0.6) is 0 Å². The number of hydrogen-bond donors (Lipinski definition) is 2. The minimum Gasteiger partial charge on any atom is -0.335 e. The number of nitrogens with one attached hydrogen (secondary N) is 1. The van der Waals surface area contributed by atoms with Crippen LogP contribution in [0.4, 0.5) is 4.79 Å². The molecule has 1 fully saturated rings. The van der Waals surface area contributed by atoms with Gasteiger partial charge < -0.3 is 5.32 Å². The van der Waals surface area contributed by atoms with E-state index in [9.17, 15) is 4.79 Å². The Kier molecular flexibility index (Phi) is 1.49. The summed E-state index contributed by atoms with van der Waals surface area (Å²) in [6, 6.07) is 0. The number of thiol groups is 1. The van der Waals surface area contributed by atoms with Crippen molar-refractivity contribution in [1.82, 2.24) is 5.32 Å². The van der Waals surface area contributed by atoms with Gasteiger partial charge >= 0.3 is 0 Å². The fourth-order valence-electron chi connectivity index (χ4n) is 0.374. The largest absolute Gasteiger partial charge is 0.335 e. The average Bonchev–Trinajstić information content (AvgIpc) is 1.87. The molecule has 1 rings (SSSR count). The maximum absolute atomic E-state index is 10.3. The van der Waals surface area contributed by atoms with Crippen LogP contribution in [0.15, 0.2) is 0 Å². The van der Waals surface area contributed by atoms with E-state index in [1.165, 1.54) is 11.8 Å². The molecule has 1 atom stereocenters. The molecule has 0 aromatic rings. The Morgan fingerprint density at radius 3 is 2.86 bits per heavy atom. The van der Waals surface area contributed by atoms with Crippen LogP contribution < -0.4 is 5.32 Å². The summed E-state index contributed by atoms with van der Waals surface area (Å²) >= 11 is 5.28. The zero-order chi connectivity index (χ0) is 5.28. The summed E-state index contributed by atoms with van der Waals surface area (Å²) in [6.07, 6.45) is 0. The Labute approximate surface area is 51.5 Å². The van der Waals surface area contributed by atoms with Gasteiger partial charge in [0.15, 0.2) is 0 Å². The third kappa shape index (κ3) is 1.28. The molecule has 0 saturated carbocycles. The summed E-state index contributed by atoms with van der Waals surface area (Å²) in [4.78, 5) is 10.3. The first-order valence-electron chi connectivity index (χ1n) is 1.90. The third-order valence-corrected chi connectivity index (χ3v) is 2.10. The quantitative estimate of drug-likeness (QED) is 0.479. The molecule has 0 aliphatic carbocycles. The van der Waals surface area contributed by atoms with Crippen molar-refractivity contribution in [2.24, 2.45) is 0 Å². The van der Waals surface area contributed by atoms with Crippen LogP contribution in [0.3, 0.4) is 0 Å². The fraction of sp³-hybridized carbons (Fsp3) is 0.667. The maximum Gasteiger partial charge on any atom is 0.280 e. The SMILES string of the molecule is O=C1NC(S)CS1. The van der Waals surface area contributed by atoms with Crippen LogP contribution >= 0.6 is 24.4 Å². The normalized spacial score (nSPS) is 30.4. The van der Waals surface area contributed by atoms with Crippen molar-refractivity contribution >= 4 is 29.6 Å². The van der Waals surface area contributed by atoms with Gasteiger partial charge in [-0.25, -0.2) is 0 Å². The van der Waals surface area contributed by atoms with Crippen LogP contribution in [0.1, 0.15) is 0 Å². The highest BCUT2D eigenvalue weighted by Gasteiger charge is 2.16. The highest BCUT2D eigenvalue weighted by Crippen LogP contribution is 2.14.